The minimum absolute atomic E-state index is 0.300. The Morgan fingerprint density at radius 3 is 2.62 bits per heavy atom. The number of nitrogens with zero attached hydrogens (tertiary/aromatic N) is 3. The summed E-state index contributed by atoms with van der Waals surface area (Å²) in [5, 5.41) is 17.3. The van der Waals surface area contributed by atoms with Gasteiger partial charge in [0, 0.05) is 6.54 Å². The van der Waals surface area contributed by atoms with Gasteiger partial charge in [0.15, 0.2) is 0 Å². The first-order valence-electron chi connectivity index (χ1n) is 4.98. The maximum Gasteiger partial charge on any atom is 0.124 e. The molecule has 0 aliphatic rings. The van der Waals surface area contributed by atoms with Gasteiger partial charge in [-0.2, -0.15) is 10.5 Å². The van der Waals surface area contributed by atoms with Crippen LogP contribution in [0.1, 0.15) is 18.1 Å². The quantitative estimate of drug-likeness (QED) is 0.725. The third-order valence-corrected chi connectivity index (χ3v) is 2.23. The summed E-state index contributed by atoms with van der Waals surface area (Å²) in [6, 6.07) is 8.19. The lowest BCUT2D eigenvalue weighted by Gasteiger charge is -2.16. The Balaban J connectivity index is 2.85. The highest BCUT2D eigenvalue weighted by Crippen LogP contribution is 2.10. The molecule has 4 heteroatoms. The number of nitriles is 2. The van der Waals surface area contributed by atoms with E-state index in [4.69, 9.17) is 10.5 Å². The van der Waals surface area contributed by atoms with Gasteiger partial charge in [-0.3, -0.25) is 4.90 Å². The maximum atomic E-state index is 13.1. The van der Waals surface area contributed by atoms with Crippen LogP contribution < -0.4 is 0 Å². The Morgan fingerprint density at radius 1 is 1.31 bits per heavy atom. The Kier molecular flexibility index (Phi) is 4.44. The van der Waals surface area contributed by atoms with Crippen molar-refractivity contribution in [3.8, 4) is 12.1 Å². The van der Waals surface area contributed by atoms with Crippen LogP contribution in [0.15, 0.2) is 18.2 Å². The van der Waals surface area contributed by atoms with Crippen LogP contribution in [-0.2, 0) is 6.54 Å². The van der Waals surface area contributed by atoms with Gasteiger partial charge in [-0.05, 0) is 30.3 Å². The summed E-state index contributed by atoms with van der Waals surface area (Å²) < 4.78 is 13.1. The van der Waals surface area contributed by atoms with Gasteiger partial charge in [0.1, 0.15) is 5.82 Å². The molecule has 1 aromatic carbocycles. The summed E-state index contributed by atoms with van der Waals surface area (Å²) in [7, 11) is 0. The highest BCUT2D eigenvalue weighted by molar-refractivity contribution is 5.33. The second kappa shape index (κ2) is 5.85. The van der Waals surface area contributed by atoms with E-state index in [1.165, 1.54) is 12.1 Å². The molecule has 0 amide bonds. The fourth-order valence-corrected chi connectivity index (χ4v) is 1.44. The first kappa shape index (κ1) is 12.2. The number of hydrogen-bond donors (Lipinski definition) is 0. The number of benzene rings is 1. The fourth-order valence-electron chi connectivity index (χ4n) is 1.44. The van der Waals surface area contributed by atoms with E-state index in [-0.39, 0.29) is 0 Å². The van der Waals surface area contributed by atoms with Crippen LogP contribution in [0.4, 0.5) is 4.39 Å². The molecule has 0 saturated carbocycles. The highest BCUT2D eigenvalue weighted by atomic mass is 19.1. The van der Waals surface area contributed by atoms with Crippen LogP contribution in [0.5, 0.6) is 0 Å². The van der Waals surface area contributed by atoms with Crippen molar-refractivity contribution in [2.75, 3.05) is 13.1 Å². The zero-order valence-electron chi connectivity index (χ0n) is 9.07. The van der Waals surface area contributed by atoms with E-state index in [0.29, 0.717) is 30.8 Å². The van der Waals surface area contributed by atoms with Crippen LogP contribution in [0.3, 0.4) is 0 Å². The van der Waals surface area contributed by atoms with Crippen molar-refractivity contribution in [2.24, 2.45) is 0 Å². The molecular formula is C12H12FN3. The molecule has 0 unspecified atom stereocenters. The standard InChI is InChI=1S/C12H12FN3/c1-2-16(4-3-14)9-11-5-10(8-15)6-12(13)7-11/h5-7H,2,4,9H2,1H3. The normalized spacial score (nSPS) is 9.81. The van der Waals surface area contributed by atoms with Gasteiger partial charge in [-0.25, -0.2) is 4.39 Å². The van der Waals surface area contributed by atoms with Gasteiger partial charge in [0.25, 0.3) is 0 Å². The average molecular weight is 217 g/mol. The highest BCUT2D eigenvalue weighted by Gasteiger charge is 2.05. The van der Waals surface area contributed by atoms with Crippen molar-refractivity contribution in [1.82, 2.24) is 4.90 Å². The molecule has 0 aliphatic carbocycles. The summed E-state index contributed by atoms with van der Waals surface area (Å²) >= 11 is 0. The zero-order valence-corrected chi connectivity index (χ0v) is 9.07. The molecule has 0 aliphatic heterocycles. The first-order chi connectivity index (χ1) is 7.69. The molecule has 1 rings (SSSR count). The predicted molar refractivity (Wildman–Crippen MR) is 57.7 cm³/mol. The Bertz CT molecular complexity index is 443. The van der Waals surface area contributed by atoms with Gasteiger partial charge >= 0.3 is 0 Å². The molecule has 0 bridgehead atoms. The summed E-state index contributed by atoms with van der Waals surface area (Å²) in [4.78, 5) is 1.87. The molecule has 16 heavy (non-hydrogen) atoms. The van der Waals surface area contributed by atoms with Gasteiger partial charge in [0.05, 0.1) is 24.2 Å². The second-order valence-electron chi connectivity index (χ2n) is 3.42. The lowest BCUT2D eigenvalue weighted by Crippen LogP contribution is -2.23. The van der Waals surface area contributed by atoms with E-state index < -0.39 is 5.82 Å². The van der Waals surface area contributed by atoms with E-state index >= 15 is 0 Å². The van der Waals surface area contributed by atoms with Gasteiger partial charge in [0.2, 0.25) is 0 Å². The van der Waals surface area contributed by atoms with Crippen LogP contribution >= 0.6 is 0 Å². The zero-order chi connectivity index (χ0) is 12.0. The molecule has 0 radical (unpaired) electrons. The summed E-state index contributed by atoms with van der Waals surface area (Å²) in [6.45, 7) is 3.43. The smallest absolute Gasteiger partial charge is 0.124 e. The van der Waals surface area contributed by atoms with Crippen molar-refractivity contribution in [1.29, 1.82) is 10.5 Å². The maximum absolute atomic E-state index is 13.1. The van der Waals surface area contributed by atoms with E-state index in [2.05, 4.69) is 0 Å². The van der Waals surface area contributed by atoms with Crippen LogP contribution in [0.25, 0.3) is 0 Å². The van der Waals surface area contributed by atoms with Gasteiger partial charge in [-0.15, -0.1) is 0 Å². The number of halogens is 1. The third kappa shape index (κ3) is 3.34. The van der Waals surface area contributed by atoms with Crippen LogP contribution in [0.2, 0.25) is 0 Å². The van der Waals surface area contributed by atoms with Crippen molar-refractivity contribution < 1.29 is 4.39 Å². The molecule has 0 atom stereocenters. The lowest BCUT2D eigenvalue weighted by molar-refractivity contribution is 0.314. The molecule has 1 aromatic rings. The minimum atomic E-state index is -0.415. The van der Waals surface area contributed by atoms with Crippen molar-refractivity contribution in [3.05, 3.63) is 35.1 Å². The molecule has 0 spiro atoms. The first-order valence-corrected chi connectivity index (χ1v) is 4.98. The van der Waals surface area contributed by atoms with Crippen molar-refractivity contribution in [3.63, 3.8) is 0 Å². The summed E-state index contributed by atoms with van der Waals surface area (Å²) in [5.74, 6) is -0.415. The van der Waals surface area contributed by atoms with E-state index in [0.717, 1.165) is 0 Å². The monoisotopic (exact) mass is 217 g/mol. The van der Waals surface area contributed by atoms with Crippen molar-refractivity contribution in [2.45, 2.75) is 13.5 Å². The molecule has 3 nitrogen and oxygen atoms in total. The SMILES string of the molecule is CCN(CC#N)Cc1cc(F)cc(C#N)c1. The topological polar surface area (TPSA) is 50.8 Å². The molecule has 0 heterocycles. The third-order valence-electron chi connectivity index (χ3n) is 2.23. The minimum Gasteiger partial charge on any atom is -0.287 e. The summed E-state index contributed by atoms with van der Waals surface area (Å²) in [6.07, 6.45) is 0. The van der Waals surface area contributed by atoms with Crippen LogP contribution in [0, 0.1) is 28.5 Å². The van der Waals surface area contributed by atoms with Crippen molar-refractivity contribution >= 4 is 0 Å². The average Bonchev–Trinajstić information content (AvgIpc) is 2.27. The lowest BCUT2D eigenvalue weighted by atomic mass is 10.1. The van der Waals surface area contributed by atoms with E-state index in [1.54, 1.807) is 6.07 Å². The number of hydrogen-bond acceptors (Lipinski definition) is 3. The van der Waals surface area contributed by atoms with Gasteiger partial charge < -0.3 is 0 Å². The molecule has 0 N–H and O–H groups in total. The Hall–Kier alpha value is -1.91. The predicted octanol–water partition coefficient (Wildman–Crippen LogP) is 2.04. The number of rotatable bonds is 4. The van der Waals surface area contributed by atoms with Gasteiger partial charge in [-0.1, -0.05) is 6.92 Å². The molecule has 0 fully saturated rings. The molecular weight excluding hydrogens is 205 g/mol. The Morgan fingerprint density at radius 2 is 2.06 bits per heavy atom. The fraction of sp³-hybridized carbons (Fsp3) is 0.333. The summed E-state index contributed by atoms with van der Waals surface area (Å²) in [5.41, 5.74) is 1.02. The second-order valence-corrected chi connectivity index (χ2v) is 3.42. The molecule has 82 valence electrons. The van der Waals surface area contributed by atoms with Crippen LogP contribution in [-0.4, -0.2) is 18.0 Å². The van der Waals surface area contributed by atoms with E-state index in [1.807, 2.05) is 24.0 Å². The molecule has 0 saturated heterocycles. The Labute approximate surface area is 94.3 Å². The largest absolute Gasteiger partial charge is 0.287 e. The van der Waals surface area contributed by atoms with E-state index in [9.17, 15) is 4.39 Å². The molecule has 0 aromatic heterocycles.